The molecule has 16 heavy (non-hydrogen) atoms. The van der Waals surface area contributed by atoms with Crippen molar-refractivity contribution in [1.29, 1.82) is 0 Å². The maximum absolute atomic E-state index is 2.84. The van der Waals surface area contributed by atoms with E-state index in [1.54, 1.807) is 0 Å². The van der Waals surface area contributed by atoms with Gasteiger partial charge in [0.15, 0.2) is 0 Å². The second-order valence-corrected chi connectivity index (χ2v) is 37.4. The summed E-state index contributed by atoms with van der Waals surface area (Å²) in [5, 5.41) is 0. The van der Waals surface area contributed by atoms with Crippen molar-refractivity contribution in [3.63, 3.8) is 0 Å². The Morgan fingerprint density at radius 2 is 0.812 bits per heavy atom. The van der Waals surface area contributed by atoms with Crippen molar-refractivity contribution in [2.75, 3.05) is 0 Å². The molecule has 0 N–H and O–H groups in total. The van der Waals surface area contributed by atoms with E-state index in [0.717, 1.165) is 76.0 Å². The third kappa shape index (κ3) is 5.99. The van der Waals surface area contributed by atoms with E-state index in [1.165, 1.54) is 0 Å². The fourth-order valence-electron chi connectivity index (χ4n) is 0.610. The minimum atomic E-state index is 0.444. The molecule has 2 nitrogen and oxygen atoms in total. The molecular weight excluding hydrogens is 598 g/mol. The topological polar surface area (TPSA) is 6.48 Å². The monoisotopic (exact) mass is 622 g/mol. The molecule has 0 saturated carbocycles. The number of nitrogens with zero attached hydrogens (tertiary/aromatic N) is 2. The summed E-state index contributed by atoms with van der Waals surface area (Å²) in [6, 6.07) is 0. The van der Waals surface area contributed by atoms with Crippen LogP contribution in [0.2, 0.25) is 0 Å². The molecule has 0 unspecified atom stereocenters. The van der Waals surface area contributed by atoms with Gasteiger partial charge in [0.25, 0.3) is 0 Å². The molecule has 1 saturated heterocycles. The molecule has 1 fully saturated rings. The first-order valence-corrected chi connectivity index (χ1v) is 25.2. The second kappa shape index (κ2) is 7.16. The van der Waals surface area contributed by atoms with Crippen molar-refractivity contribution in [3.05, 3.63) is 0 Å². The number of rotatable bonds is 0. The van der Waals surface area contributed by atoms with Crippen LogP contribution in [0.25, 0.3) is 0 Å². The van der Waals surface area contributed by atoms with Gasteiger partial charge in [0.05, 0.1) is 0 Å². The summed E-state index contributed by atoms with van der Waals surface area (Å²) in [5.41, 5.74) is 0.888. The van der Waals surface area contributed by atoms with E-state index in [9.17, 15) is 0 Å². The van der Waals surface area contributed by atoms with Gasteiger partial charge in [-0.2, -0.15) is 0 Å². The summed E-state index contributed by atoms with van der Waals surface area (Å²) < 4.78 is 5.69. The summed E-state index contributed by atoms with van der Waals surface area (Å²) in [5.74, 6) is 0. The van der Waals surface area contributed by atoms with Gasteiger partial charge >= 0.3 is 134 Å². The average Bonchev–Trinajstić information content (AvgIpc) is 1.96. The average molecular weight is 616 g/mol. The van der Waals surface area contributed by atoms with Gasteiger partial charge in [-0.3, -0.25) is 0 Å². The standard InChI is InChI=1S/C8H18N2Se6/c1-7(2,3)9-11-15-13-10(8(4,5)6)14-16-12-9/h1-6H3. The Balaban J connectivity index is 2.50. The molecule has 1 heterocycles. The molecular formula is C8H18N2Se6. The Labute approximate surface area is 133 Å². The Kier molecular flexibility index (Phi) is 7.65. The quantitative estimate of drug-likeness (QED) is 0.347. The fourth-order valence-corrected chi connectivity index (χ4v) is 78.8. The molecule has 1 aliphatic heterocycles. The Hall–Kier alpha value is 3.04. The van der Waals surface area contributed by atoms with Crippen molar-refractivity contribution in [3.8, 4) is 0 Å². The van der Waals surface area contributed by atoms with Crippen molar-refractivity contribution < 1.29 is 0 Å². The Morgan fingerprint density at radius 1 is 0.562 bits per heavy atom. The van der Waals surface area contributed by atoms with Crippen molar-refractivity contribution in [2.24, 2.45) is 0 Å². The molecule has 0 radical (unpaired) electrons. The summed E-state index contributed by atoms with van der Waals surface area (Å²) in [7, 11) is 0. The van der Waals surface area contributed by atoms with Gasteiger partial charge in [0.2, 0.25) is 0 Å². The van der Waals surface area contributed by atoms with Crippen molar-refractivity contribution >= 4 is 76.0 Å². The zero-order chi connectivity index (χ0) is 12.4. The van der Waals surface area contributed by atoms with Gasteiger partial charge in [0, 0.05) is 0 Å². The molecule has 0 aliphatic carbocycles. The summed E-state index contributed by atoms with van der Waals surface area (Å²) >= 11 is 5.06. The zero-order valence-corrected chi connectivity index (χ0v) is 20.6. The molecule has 1 aliphatic rings. The van der Waals surface area contributed by atoms with E-state index < -0.39 is 0 Å². The van der Waals surface area contributed by atoms with Gasteiger partial charge in [-0.25, -0.2) is 0 Å². The molecule has 0 aromatic carbocycles. The van der Waals surface area contributed by atoms with Crippen LogP contribution in [-0.2, 0) is 0 Å². The van der Waals surface area contributed by atoms with Gasteiger partial charge in [0.1, 0.15) is 0 Å². The van der Waals surface area contributed by atoms with Crippen LogP contribution in [0.5, 0.6) is 0 Å². The SMILES string of the molecule is CC(C)(C)N1[Se][Se][Se]N(C(C)(C)C)[Se][Se][Se]1. The van der Waals surface area contributed by atoms with Gasteiger partial charge in [-0.15, -0.1) is 0 Å². The predicted octanol–water partition coefficient (Wildman–Crippen LogP) is -0.254. The summed E-state index contributed by atoms with van der Waals surface area (Å²) in [6.07, 6.45) is 0. The predicted molar refractivity (Wildman–Crippen MR) is 77.7 cm³/mol. The van der Waals surface area contributed by atoms with Crippen LogP contribution in [-0.4, -0.2) is 93.0 Å². The first kappa shape index (κ1) is 17.1. The van der Waals surface area contributed by atoms with Gasteiger partial charge in [-0.05, 0) is 0 Å². The summed E-state index contributed by atoms with van der Waals surface area (Å²) in [6.45, 7) is 14.4. The van der Waals surface area contributed by atoms with E-state index in [-0.39, 0.29) is 0 Å². The van der Waals surface area contributed by atoms with Crippen LogP contribution >= 0.6 is 0 Å². The fraction of sp³-hybridized carbons (Fsp3) is 1.00. The Bertz CT molecular complexity index is 192. The molecule has 0 aromatic rings. The molecule has 0 spiro atoms. The van der Waals surface area contributed by atoms with Crippen LogP contribution in [0.4, 0.5) is 0 Å². The van der Waals surface area contributed by atoms with E-state index in [2.05, 4.69) is 47.4 Å². The van der Waals surface area contributed by atoms with Crippen LogP contribution in [0.1, 0.15) is 41.5 Å². The molecule has 0 atom stereocenters. The number of hydrogen-bond acceptors (Lipinski definition) is 2. The van der Waals surface area contributed by atoms with Gasteiger partial charge < -0.3 is 0 Å². The van der Waals surface area contributed by atoms with E-state index >= 15 is 0 Å². The first-order valence-electron chi connectivity index (χ1n) is 4.84. The molecule has 0 aromatic heterocycles. The van der Waals surface area contributed by atoms with Gasteiger partial charge in [-0.1, -0.05) is 0 Å². The van der Waals surface area contributed by atoms with Crippen LogP contribution in [0.3, 0.4) is 0 Å². The Morgan fingerprint density at radius 3 is 1.00 bits per heavy atom. The second-order valence-electron chi connectivity index (χ2n) is 5.29. The summed E-state index contributed by atoms with van der Waals surface area (Å²) in [4.78, 5) is 0. The molecule has 0 bridgehead atoms. The first-order chi connectivity index (χ1) is 7.21. The molecule has 8 heteroatoms. The van der Waals surface area contributed by atoms with Crippen molar-refractivity contribution in [2.45, 2.75) is 52.6 Å². The minimum absolute atomic E-state index is 0.444. The maximum atomic E-state index is 2.84. The molecule has 0 amide bonds. The number of hydrogen-bond donors (Lipinski definition) is 0. The van der Waals surface area contributed by atoms with E-state index in [0.29, 0.717) is 11.1 Å². The zero-order valence-electron chi connectivity index (χ0n) is 10.3. The van der Waals surface area contributed by atoms with E-state index in [1.807, 2.05) is 0 Å². The van der Waals surface area contributed by atoms with Crippen molar-refractivity contribution in [1.82, 2.24) is 5.87 Å². The van der Waals surface area contributed by atoms with Crippen LogP contribution in [0.15, 0.2) is 0 Å². The van der Waals surface area contributed by atoms with E-state index in [4.69, 9.17) is 0 Å². The molecule has 1 rings (SSSR count). The molecule has 96 valence electrons. The normalized spacial score (nSPS) is 22.9. The third-order valence-corrected chi connectivity index (χ3v) is 43.9. The van der Waals surface area contributed by atoms with Crippen LogP contribution < -0.4 is 0 Å². The van der Waals surface area contributed by atoms with Crippen LogP contribution in [0, 0.1) is 0 Å². The third-order valence-electron chi connectivity index (χ3n) is 1.49.